The van der Waals surface area contributed by atoms with Crippen molar-refractivity contribution in [3.05, 3.63) is 12.2 Å². The van der Waals surface area contributed by atoms with Crippen molar-refractivity contribution in [1.29, 1.82) is 0 Å². The molecule has 0 rings (SSSR count). The van der Waals surface area contributed by atoms with Crippen molar-refractivity contribution in [3.8, 4) is 0 Å². The highest BCUT2D eigenvalue weighted by Crippen LogP contribution is 2.09. The zero-order chi connectivity index (χ0) is 17.6. The molecule has 0 aliphatic carbocycles. The molecular formula is C21H42O2. The lowest BCUT2D eigenvalue weighted by Gasteiger charge is -1.99. The van der Waals surface area contributed by atoms with Crippen LogP contribution < -0.4 is 0 Å². The van der Waals surface area contributed by atoms with Crippen molar-refractivity contribution < 1.29 is 9.90 Å². The fourth-order valence-electron chi connectivity index (χ4n) is 2.35. The van der Waals surface area contributed by atoms with Gasteiger partial charge in [-0.05, 0) is 32.1 Å². The van der Waals surface area contributed by atoms with Gasteiger partial charge in [0.2, 0.25) is 0 Å². The molecule has 0 unspecified atom stereocenters. The molecule has 0 aliphatic heterocycles. The SMILES string of the molecule is CCC.CCCCCCCCC=CCCCCCCCC(=O)O. The van der Waals surface area contributed by atoms with Crippen LogP contribution in [0.4, 0.5) is 0 Å². The topological polar surface area (TPSA) is 37.3 Å². The van der Waals surface area contributed by atoms with Crippen LogP contribution in [0, 0.1) is 0 Å². The molecule has 0 saturated heterocycles. The second-order valence-corrected chi connectivity index (χ2v) is 6.44. The van der Waals surface area contributed by atoms with Crippen LogP contribution >= 0.6 is 0 Å². The first kappa shape index (κ1) is 24.5. The molecule has 2 heteroatoms. The molecule has 23 heavy (non-hydrogen) atoms. The van der Waals surface area contributed by atoms with Crippen molar-refractivity contribution in [1.82, 2.24) is 0 Å². The summed E-state index contributed by atoms with van der Waals surface area (Å²) in [6.45, 7) is 6.51. The van der Waals surface area contributed by atoms with Crippen molar-refractivity contribution >= 4 is 5.97 Å². The maximum absolute atomic E-state index is 10.3. The van der Waals surface area contributed by atoms with Gasteiger partial charge in [-0.1, -0.05) is 90.7 Å². The number of hydrogen-bond acceptors (Lipinski definition) is 1. The van der Waals surface area contributed by atoms with E-state index in [1.807, 2.05) is 0 Å². The summed E-state index contributed by atoms with van der Waals surface area (Å²) in [5.74, 6) is -0.664. The van der Waals surface area contributed by atoms with E-state index in [1.54, 1.807) is 0 Å². The molecule has 0 heterocycles. The average molecular weight is 327 g/mol. The summed E-state index contributed by atoms with van der Waals surface area (Å²) in [6, 6.07) is 0. The summed E-state index contributed by atoms with van der Waals surface area (Å²) >= 11 is 0. The van der Waals surface area contributed by atoms with E-state index in [4.69, 9.17) is 5.11 Å². The van der Waals surface area contributed by atoms with Gasteiger partial charge in [0.1, 0.15) is 0 Å². The lowest BCUT2D eigenvalue weighted by molar-refractivity contribution is -0.137. The molecule has 0 atom stereocenters. The number of carbonyl (C=O) groups is 1. The van der Waals surface area contributed by atoms with Crippen LogP contribution in [0.3, 0.4) is 0 Å². The number of carboxylic acid groups (broad SMARTS) is 1. The number of aliphatic carboxylic acids is 1. The fourth-order valence-corrected chi connectivity index (χ4v) is 2.35. The van der Waals surface area contributed by atoms with Gasteiger partial charge in [-0.3, -0.25) is 4.79 Å². The average Bonchev–Trinajstić information content (AvgIpc) is 2.51. The van der Waals surface area contributed by atoms with Crippen LogP contribution in [-0.2, 0) is 4.79 Å². The Morgan fingerprint density at radius 1 is 0.696 bits per heavy atom. The third-order valence-electron chi connectivity index (χ3n) is 3.65. The van der Waals surface area contributed by atoms with Gasteiger partial charge in [-0.15, -0.1) is 0 Å². The highest BCUT2D eigenvalue weighted by atomic mass is 16.4. The summed E-state index contributed by atoms with van der Waals surface area (Å²) in [7, 11) is 0. The zero-order valence-electron chi connectivity index (χ0n) is 16.1. The Balaban J connectivity index is 0. The van der Waals surface area contributed by atoms with Crippen LogP contribution in [0.25, 0.3) is 0 Å². The van der Waals surface area contributed by atoms with E-state index in [2.05, 4.69) is 32.9 Å². The summed E-state index contributed by atoms with van der Waals surface area (Å²) in [4.78, 5) is 10.3. The predicted molar refractivity (Wildman–Crippen MR) is 103 cm³/mol. The normalized spacial score (nSPS) is 10.6. The summed E-state index contributed by atoms with van der Waals surface area (Å²) < 4.78 is 0. The molecule has 0 fully saturated rings. The minimum absolute atomic E-state index is 0.332. The minimum Gasteiger partial charge on any atom is -0.481 e. The van der Waals surface area contributed by atoms with Crippen LogP contribution in [0.5, 0.6) is 0 Å². The van der Waals surface area contributed by atoms with E-state index in [-0.39, 0.29) is 0 Å². The molecular weight excluding hydrogens is 284 g/mol. The molecule has 0 aromatic carbocycles. The molecule has 0 bridgehead atoms. The number of rotatable bonds is 15. The quantitative estimate of drug-likeness (QED) is 0.249. The van der Waals surface area contributed by atoms with E-state index < -0.39 is 5.97 Å². The predicted octanol–water partition coefficient (Wildman–Crippen LogP) is 7.52. The zero-order valence-corrected chi connectivity index (χ0v) is 16.1. The maximum Gasteiger partial charge on any atom is 0.303 e. The van der Waals surface area contributed by atoms with Gasteiger partial charge in [0.15, 0.2) is 0 Å². The first-order valence-electron chi connectivity index (χ1n) is 10.1. The van der Waals surface area contributed by atoms with Crippen molar-refractivity contribution in [2.45, 2.75) is 117 Å². The number of allylic oxidation sites excluding steroid dienone is 2. The van der Waals surface area contributed by atoms with Crippen molar-refractivity contribution in [2.24, 2.45) is 0 Å². The first-order valence-corrected chi connectivity index (χ1v) is 10.1. The number of unbranched alkanes of at least 4 members (excludes halogenated alkanes) is 11. The summed E-state index contributed by atoms with van der Waals surface area (Å²) in [6.07, 6.45) is 22.5. The van der Waals surface area contributed by atoms with E-state index in [1.165, 1.54) is 77.0 Å². The molecule has 0 spiro atoms. The first-order chi connectivity index (χ1) is 11.2. The second-order valence-electron chi connectivity index (χ2n) is 6.44. The molecule has 0 aromatic rings. The van der Waals surface area contributed by atoms with E-state index >= 15 is 0 Å². The Labute approximate surface area is 145 Å². The largest absolute Gasteiger partial charge is 0.481 e. The van der Waals surface area contributed by atoms with E-state index in [9.17, 15) is 4.79 Å². The fraction of sp³-hybridized carbons (Fsp3) is 0.857. The van der Waals surface area contributed by atoms with Crippen molar-refractivity contribution in [2.75, 3.05) is 0 Å². The highest BCUT2D eigenvalue weighted by Gasteiger charge is 1.95. The van der Waals surface area contributed by atoms with Crippen LogP contribution in [0.2, 0.25) is 0 Å². The Bertz CT molecular complexity index is 246. The smallest absolute Gasteiger partial charge is 0.303 e. The third kappa shape index (κ3) is 29.8. The van der Waals surface area contributed by atoms with Gasteiger partial charge in [0.25, 0.3) is 0 Å². The van der Waals surface area contributed by atoms with Crippen molar-refractivity contribution in [3.63, 3.8) is 0 Å². The highest BCUT2D eigenvalue weighted by molar-refractivity contribution is 5.66. The van der Waals surface area contributed by atoms with Gasteiger partial charge in [0, 0.05) is 6.42 Å². The van der Waals surface area contributed by atoms with Gasteiger partial charge in [-0.2, -0.15) is 0 Å². The Hall–Kier alpha value is -0.790. The Morgan fingerprint density at radius 2 is 1.09 bits per heavy atom. The molecule has 0 aromatic heterocycles. The molecule has 1 N–H and O–H groups in total. The third-order valence-corrected chi connectivity index (χ3v) is 3.65. The molecule has 0 radical (unpaired) electrons. The van der Waals surface area contributed by atoms with Gasteiger partial charge >= 0.3 is 5.97 Å². The summed E-state index contributed by atoms with van der Waals surface area (Å²) in [5, 5.41) is 8.51. The monoisotopic (exact) mass is 326 g/mol. The lowest BCUT2D eigenvalue weighted by Crippen LogP contribution is -1.93. The standard InChI is InChI=1S/C18H34O2.C3H8/c1-2-3-4-5-6-7-8-9-10-11-12-13-14-15-16-17-18(19)20;1-3-2/h9-10H,2-8,11-17H2,1H3,(H,19,20);3H2,1-2H3. The molecule has 0 aliphatic rings. The van der Waals surface area contributed by atoms with Gasteiger partial charge in [0.05, 0.1) is 0 Å². The second kappa shape index (κ2) is 23.5. The Kier molecular flexibility index (Phi) is 25.0. The van der Waals surface area contributed by atoms with E-state index in [0.29, 0.717) is 6.42 Å². The van der Waals surface area contributed by atoms with Gasteiger partial charge in [-0.25, -0.2) is 0 Å². The van der Waals surface area contributed by atoms with Gasteiger partial charge < -0.3 is 5.11 Å². The van der Waals surface area contributed by atoms with Crippen LogP contribution in [-0.4, -0.2) is 11.1 Å². The Morgan fingerprint density at radius 3 is 1.52 bits per heavy atom. The van der Waals surface area contributed by atoms with Crippen LogP contribution in [0.15, 0.2) is 12.2 Å². The maximum atomic E-state index is 10.3. The number of carboxylic acids is 1. The molecule has 0 amide bonds. The summed E-state index contributed by atoms with van der Waals surface area (Å²) in [5.41, 5.74) is 0. The molecule has 0 saturated carbocycles. The lowest BCUT2D eigenvalue weighted by atomic mass is 10.1. The van der Waals surface area contributed by atoms with Crippen LogP contribution in [0.1, 0.15) is 117 Å². The minimum atomic E-state index is -0.664. The molecule has 138 valence electrons. The number of hydrogen-bond donors (Lipinski definition) is 1. The van der Waals surface area contributed by atoms with E-state index in [0.717, 1.165) is 12.8 Å². The molecule has 2 nitrogen and oxygen atoms in total.